The van der Waals surface area contributed by atoms with Gasteiger partial charge in [0.2, 0.25) is 10.0 Å². The van der Waals surface area contributed by atoms with Gasteiger partial charge in [0.05, 0.1) is 17.2 Å². The van der Waals surface area contributed by atoms with Gasteiger partial charge in [-0.3, -0.25) is 10.1 Å². The number of nitro groups is 1. The van der Waals surface area contributed by atoms with Gasteiger partial charge in [0, 0.05) is 12.6 Å². The van der Waals surface area contributed by atoms with Crippen LogP contribution in [0.15, 0.2) is 23.1 Å². The lowest BCUT2D eigenvalue weighted by Gasteiger charge is -2.36. The third-order valence-corrected chi connectivity index (χ3v) is 5.60. The third-order valence-electron chi connectivity index (χ3n) is 3.67. The number of rotatable bonds is 3. The van der Waals surface area contributed by atoms with Crippen molar-refractivity contribution in [3.8, 4) is 0 Å². The van der Waals surface area contributed by atoms with Crippen molar-refractivity contribution < 1.29 is 17.7 Å². The number of halogens is 1. The van der Waals surface area contributed by atoms with Crippen LogP contribution in [-0.2, 0) is 10.0 Å². The van der Waals surface area contributed by atoms with Crippen molar-refractivity contribution in [2.75, 3.05) is 6.54 Å². The lowest BCUT2D eigenvalue weighted by atomic mass is 9.99. The van der Waals surface area contributed by atoms with E-state index < -0.39 is 37.5 Å². The molecule has 0 aromatic heterocycles. The first-order valence-corrected chi connectivity index (χ1v) is 7.90. The molecule has 7 nitrogen and oxygen atoms in total. The Morgan fingerprint density at radius 2 is 2.14 bits per heavy atom. The Hall–Kier alpha value is -1.58. The zero-order valence-electron chi connectivity index (χ0n) is 11.4. The Kier molecular flexibility index (Phi) is 4.26. The average Bonchev–Trinajstić information content (AvgIpc) is 2.41. The van der Waals surface area contributed by atoms with Crippen molar-refractivity contribution in [1.29, 1.82) is 0 Å². The SMILES string of the molecule is CC1CCCN(S(=O)(=O)c2ccc([N+](=O)[O-])cc2F)C1N. The number of nitro benzene ring substituents is 1. The topological polar surface area (TPSA) is 107 Å². The van der Waals surface area contributed by atoms with E-state index in [1.165, 1.54) is 0 Å². The number of benzene rings is 1. The van der Waals surface area contributed by atoms with Gasteiger partial charge >= 0.3 is 0 Å². The molecule has 0 radical (unpaired) electrons. The second kappa shape index (κ2) is 5.66. The van der Waals surface area contributed by atoms with E-state index in [-0.39, 0.29) is 12.5 Å². The number of nitrogens with two attached hydrogens (primary N) is 1. The van der Waals surface area contributed by atoms with E-state index in [1.54, 1.807) is 0 Å². The van der Waals surface area contributed by atoms with Crippen LogP contribution in [0.25, 0.3) is 0 Å². The normalized spacial score (nSPS) is 24.0. The summed E-state index contributed by atoms with van der Waals surface area (Å²) in [5.41, 5.74) is 5.39. The summed E-state index contributed by atoms with van der Waals surface area (Å²) in [4.78, 5) is 9.20. The van der Waals surface area contributed by atoms with Crippen LogP contribution >= 0.6 is 0 Å². The van der Waals surface area contributed by atoms with E-state index in [4.69, 9.17) is 5.73 Å². The summed E-state index contributed by atoms with van der Waals surface area (Å²) in [5, 5.41) is 10.6. The minimum absolute atomic E-state index is 0.0327. The van der Waals surface area contributed by atoms with Crippen molar-refractivity contribution >= 4 is 15.7 Å². The van der Waals surface area contributed by atoms with Crippen LogP contribution in [0, 0.1) is 21.8 Å². The maximum atomic E-state index is 13.9. The van der Waals surface area contributed by atoms with E-state index in [1.807, 2.05) is 6.92 Å². The Labute approximate surface area is 121 Å². The fraction of sp³-hybridized carbons (Fsp3) is 0.500. The van der Waals surface area contributed by atoms with Crippen molar-refractivity contribution in [2.45, 2.75) is 30.8 Å². The number of non-ortho nitro benzene ring substituents is 1. The molecule has 116 valence electrons. The van der Waals surface area contributed by atoms with E-state index in [9.17, 15) is 22.9 Å². The number of hydrogen-bond acceptors (Lipinski definition) is 5. The first-order valence-electron chi connectivity index (χ1n) is 6.46. The monoisotopic (exact) mass is 317 g/mol. The molecule has 1 aromatic carbocycles. The summed E-state index contributed by atoms with van der Waals surface area (Å²) in [5.74, 6) is -1.18. The van der Waals surface area contributed by atoms with Crippen molar-refractivity contribution in [1.82, 2.24) is 4.31 Å². The van der Waals surface area contributed by atoms with Gasteiger partial charge in [-0.1, -0.05) is 6.92 Å². The summed E-state index contributed by atoms with van der Waals surface area (Å²) in [6, 6.07) is 2.48. The van der Waals surface area contributed by atoms with E-state index >= 15 is 0 Å². The fourth-order valence-electron chi connectivity index (χ4n) is 2.39. The molecule has 0 amide bonds. The highest BCUT2D eigenvalue weighted by atomic mass is 32.2. The molecule has 1 heterocycles. The molecule has 0 bridgehead atoms. The maximum Gasteiger partial charge on any atom is 0.272 e. The molecular weight excluding hydrogens is 301 g/mol. The molecule has 1 fully saturated rings. The van der Waals surface area contributed by atoms with Crippen molar-refractivity contribution in [3.63, 3.8) is 0 Å². The molecular formula is C12H16FN3O4S. The summed E-state index contributed by atoms with van der Waals surface area (Å²) >= 11 is 0. The number of sulfonamides is 1. The predicted molar refractivity (Wildman–Crippen MR) is 73.3 cm³/mol. The van der Waals surface area contributed by atoms with Crippen molar-refractivity contribution in [3.05, 3.63) is 34.1 Å². The number of nitrogens with zero attached hydrogens (tertiary/aromatic N) is 2. The Bertz CT molecular complexity index is 664. The lowest BCUT2D eigenvalue weighted by molar-refractivity contribution is -0.385. The highest BCUT2D eigenvalue weighted by molar-refractivity contribution is 7.89. The van der Waals surface area contributed by atoms with Crippen LogP contribution in [0.1, 0.15) is 19.8 Å². The van der Waals surface area contributed by atoms with Gasteiger partial charge in [0.15, 0.2) is 0 Å². The van der Waals surface area contributed by atoms with E-state index in [0.29, 0.717) is 12.5 Å². The maximum absolute atomic E-state index is 13.9. The van der Waals surface area contributed by atoms with Gasteiger partial charge in [-0.05, 0) is 24.8 Å². The smallest absolute Gasteiger partial charge is 0.272 e. The second-order valence-electron chi connectivity index (χ2n) is 5.10. The Balaban J connectivity index is 2.42. The third kappa shape index (κ3) is 2.89. The molecule has 21 heavy (non-hydrogen) atoms. The molecule has 2 unspecified atom stereocenters. The average molecular weight is 317 g/mol. The summed E-state index contributed by atoms with van der Waals surface area (Å²) in [6.07, 6.45) is 0.719. The lowest BCUT2D eigenvalue weighted by Crippen LogP contribution is -2.52. The molecule has 1 aliphatic heterocycles. The first-order chi connectivity index (χ1) is 9.75. The van der Waals surface area contributed by atoms with Crippen LogP contribution < -0.4 is 5.73 Å². The summed E-state index contributed by atoms with van der Waals surface area (Å²) in [6.45, 7) is 2.04. The van der Waals surface area contributed by atoms with Gasteiger partial charge in [-0.2, -0.15) is 4.31 Å². The Morgan fingerprint density at radius 3 is 2.71 bits per heavy atom. The highest BCUT2D eigenvalue weighted by Crippen LogP contribution is 2.29. The number of hydrogen-bond donors (Lipinski definition) is 1. The van der Waals surface area contributed by atoms with Crippen LogP contribution in [0.3, 0.4) is 0 Å². The predicted octanol–water partition coefficient (Wildman–Crippen LogP) is 1.44. The summed E-state index contributed by atoms with van der Waals surface area (Å²) < 4.78 is 40.0. The minimum atomic E-state index is -4.11. The van der Waals surface area contributed by atoms with Crippen LogP contribution in [0.2, 0.25) is 0 Å². The second-order valence-corrected chi connectivity index (χ2v) is 6.96. The standard InChI is InChI=1S/C12H16FN3O4S/c1-8-3-2-6-15(12(8)14)21(19,20)11-5-4-9(16(17)18)7-10(11)13/h4-5,7-8,12H,2-3,6,14H2,1H3. The zero-order chi connectivity index (χ0) is 15.8. The molecule has 0 saturated carbocycles. The molecule has 0 spiro atoms. The van der Waals surface area contributed by atoms with Gasteiger partial charge in [-0.15, -0.1) is 0 Å². The zero-order valence-corrected chi connectivity index (χ0v) is 12.2. The number of piperidine rings is 1. The van der Waals surface area contributed by atoms with Gasteiger partial charge in [-0.25, -0.2) is 12.8 Å². The van der Waals surface area contributed by atoms with Crippen LogP contribution in [0.5, 0.6) is 0 Å². The molecule has 2 atom stereocenters. The Morgan fingerprint density at radius 1 is 1.48 bits per heavy atom. The fourth-order valence-corrected chi connectivity index (χ4v) is 4.09. The highest BCUT2D eigenvalue weighted by Gasteiger charge is 2.36. The first kappa shape index (κ1) is 15.8. The quantitative estimate of drug-likeness (QED) is 0.670. The molecule has 2 rings (SSSR count). The van der Waals surface area contributed by atoms with Gasteiger partial charge in [0.1, 0.15) is 10.7 Å². The molecule has 1 aromatic rings. The minimum Gasteiger partial charge on any atom is -0.315 e. The van der Waals surface area contributed by atoms with Crippen molar-refractivity contribution in [2.24, 2.45) is 11.7 Å². The van der Waals surface area contributed by atoms with Crippen LogP contribution in [0.4, 0.5) is 10.1 Å². The molecule has 0 aliphatic carbocycles. The molecule has 1 aliphatic rings. The largest absolute Gasteiger partial charge is 0.315 e. The van der Waals surface area contributed by atoms with E-state index in [2.05, 4.69) is 0 Å². The molecule has 2 N–H and O–H groups in total. The molecule has 9 heteroatoms. The summed E-state index contributed by atoms with van der Waals surface area (Å²) in [7, 11) is -4.11. The van der Waals surface area contributed by atoms with E-state index in [0.717, 1.165) is 22.9 Å². The van der Waals surface area contributed by atoms with Gasteiger partial charge in [0.25, 0.3) is 5.69 Å². The molecule has 1 saturated heterocycles. The van der Waals surface area contributed by atoms with Gasteiger partial charge < -0.3 is 5.73 Å². The van der Waals surface area contributed by atoms with Crippen LogP contribution in [-0.4, -0.2) is 30.4 Å².